The van der Waals surface area contributed by atoms with Crippen LogP contribution in [0, 0.1) is 11.3 Å². The van der Waals surface area contributed by atoms with E-state index in [0.29, 0.717) is 11.3 Å². The first-order valence-electron chi connectivity index (χ1n) is 8.16. The van der Waals surface area contributed by atoms with E-state index in [-0.39, 0.29) is 6.61 Å². The summed E-state index contributed by atoms with van der Waals surface area (Å²) in [5.74, 6) is 0. The van der Waals surface area contributed by atoms with E-state index in [9.17, 15) is 15.5 Å². The second-order valence-corrected chi connectivity index (χ2v) is 6.80. The van der Waals surface area contributed by atoms with Gasteiger partial charge in [0.05, 0.1) is 18.8 Å². The first-order valence-corrected chi connectivity index (χ1v) is 8.97. The average Bonchev–Trinajstić information content (AvgIpc) is 2.66. The van der Waals surface area contributed by atoms with Crippen molar-refractivity contribution in [2.75, 3.05) is 32.7 Å². The van der Waals surface area contributed by atoms with Crippen molar-refractivity contribution in [2.45, 2.75) is 31.8 Å². The number of benzene rings is 1. The van der Waals surface area contributed by atoms with Crippen LogP contribution < -0.4 is 9.62 Å². The van der Waals surface area contributed by atoms with Gasteiger partial charge in [-0.05, 0) is 48.6 Å². The number of nitrogens with one attached hydrogen (secondary N) is 1. The third-order valence-electron chi connectivity index (χ3n) is 3.90. The molecule has 7 nitrogen and oxygen atoms in total. The summed E-state index contributed by atoms with van der Waals surface area (Å²) in [5, 5.41) is 35.8. The number of hydrogen-bond acceptors (Lipinski definition) is 8. The molecule has 1 aliphatic rings. The highest BCUT2D eigenvalue weighted by Crippen LogP contribution is 2.27. The van der Waals surface area contributed by atoms with Gasteiger partial charge >= 0.3 is 0 Å². The number of hydrogen-bond donors (Lipinski definition) is 4. The van der Waals surface area contributed by atoms with E-state index in [1.807, 2.05) is 50.2 Å². The largest absolute Gasteiger partial charge is 0.400 e. The van der Waals surface area contributed by atoms with Crippen LogP contribution in [0.15, 0.2) is 29.2 Å². The van der Waals surface area contributed by atoms with Gasteiger partial charge in [0, 0.05) is 26.9 Å². The van der Waals surface area contributed by atoms with E-state index in [4.69, 9.17) is 9.84 Å². The van der Waals surface area contributed by atoms with Crippen molar-refractivity contribution in [2.24, 2.45) is 0 Å². The number of nitriles is 1. The zero-order chi connectivity index (χ0) is 19.7. The standard InChI is InChI=1S/C17H23N3O3S.CH4O/c1-11(12-4-6-13(7-5-12)20(2)3)16(9-18)24-19-15-8-14(21)10-23-17(15)22;1-2/h4-7,14-15,17,19,21-22H,8,10H2,1-3H3;2H,1H3/b16-11+;. The lowest BCUT2D eigenvalue weighted by Gasteiger charge is -2.31. The molecule has 1 fully saturated rings. The van der Waals surface area contributed by atoms with Gasteiger partial charge in [0.1, 0.15) is 11.0 Å². The quantitative estimate of drug-likeness (QED) is 0.447. The maximum absolute atomic E-state index is 9.80. The van der Waals surface area contributed by atoms with Crippen LogP contribution in [0.2, 0.25) is 0 Å². The molecule has 1 heterocycles. The predicted molar refractivity (Wildman–Crippen MR) is 104 cm³/mol. The molecule has 1 aromatic rings. The second-order valence-electron chi connectivity index (χ2n) is 5.95. The van der Waals surface area contributed by atoms with Crippen LogP contribution >= 0.6 is 11.9 Å². The van der Waals surface area contributed by atoms with Crippen LogP contribution in [-0.4, -0.2) is 61.6 Å². The maximum Gasteiger partial charge on any atom is 0.171 e. The Bertz CT molecular complexity index is 628. The fourth-order valence-corrected chi connectivity index (χ4v) is 3.17. The summed E-state index contributed by atoms with van der Waals surface area (Å²) in [7, 11) is 4.95. The zero-order valence-corrected chi connectivity index (χ0v) is 16.3. The minimum absolute atomic E-state index is 0.127. The SMILES string of the molecule is C/C(=C(/C#N)SNC1CC(O)COC1O)c1ccc(N(C)C)cc1.CO. The summed E-state index contributed by atoms with van der Waals surface area (Å²) in [6, 6.07) is 9.72. The molecule has 26 heavy (non-hydrogen) atoms. The molecule has 1 aromatic carbocycles. The van der Waals surface area contributed by atoms with Crippen LogP contribution in [0.1, 0.15) is 18.9 Å². The van der Waals surface area contributed by atoms with E-state index >= 15 is 0 Å². The van der Waals surface area contributed by atoms with Crippen LogP contribution in [0.25, 0.3) is 5.57 Å². The zero-order valence-electron chi connectivity index (χ0n) is 15.5. The predicted octanol–water partition coefficient (Wildman–Crippen LogP) is 1.32. The molecule has 1 aliphatic heterocycles. The van der Waals surface area contributed by atoms with Crippen molar-refractivity contribution in [1.82, 2.24) is 4.72 Å². The topological polar surface area (TPSA) is 109 Å². The van der Waals surface area contributed by atoms with Crippen LogP contribution in [-0.2, 0) is 4.74 Å². The minimum atomic E-state index is -0.986. The normalized spacial score (nSPS) is 23.2. The molecule has 3 unspecified atom stereocenters. The number of ether oxygens (including phenoxy) is 1. The fraction of sp³-hybridized carbons (Fsp3) is 0.500. The van der Waals surface area contributed by atoms with E-state index in [1.54, 1.807) is 0 Å². The van der Waals surface area contributed by atoms with Gasteiger partial charge in [-0.25, -0.2) is 0 Å². The molecule has 0 radical (unpaired) electrons. The number of rotatable bonds is 5. The van der Waals surface area contributed by atoms with Crippen LogP contribution in [0.3, 0.4) is 0 Å². The highest BCUT2D eigenvalue weighted by molar-refractivity contribution is 8.01. The van der Waals surface area contributed by atoms with Gasteiger partial charge in [-0.2, -0.15) is 5.26 Å². The molecule has 0 spiro atoms. The third kappa shape index (κ3) is 6.29. The van der Waals surface area contributed by atoms with Gasteiger partial charge in [0.15, 0.2) is 6.29 Å². The molecule has 0 aromatic heterocycles. The molecule has 144 valence electrons. The second kappa shape index (κ2) is 11.2. The molecule has 3 atom stereocenters. The Morgan fingerprint density at radius 2 is 1.88 bits per heavy atom. The minimum Gasteiger partial charge on any atom is -0.400 e. The smallest absolute Gasteiger partial charge is 0.171 e. The Kier molecular flexibility index (Phi) is 9.65. The molecule has 4 N–H and O–H groups in total. The molecule has 0 bridgehead atoms. The van der Waals surface area contributed by atoms with E-state index < -0.39 is 18.4 Å². The lowest BCUT2D eigenvalue weighted by atomic mass is 10.1. The van der Waals surface area contributed by atoms with Crippen LogP contribution in [0.5, 0.6) is 0 Å². The van der Waals surface area contributed by atoms with Gasteiger partial charge < -0.3 is 25.0 Å². The summed E-state index contributed by atoms with van der Waals surface area (Å²) in [6.07, 6.45) is -1.22. The summed E-state index contributed by atoms with van der Waals surface area (Å²) in [4.78, 5) is 2.53. The first-order chi connectivity index (χ1) is 12.4. The molecule has 1 saturated heterocycles. The van der Waals surface area contributed by atoms with Crippen LogP contribution in [0.4, 0.5) is 5.69 Å². The average molecular weight is 381 g/mol. The maximum atomic E-state index is 9.80. The number of aliphatic hydroxyl groups is 3. The first kappa shape index (κ1) is 22.4. The van der Waals surface area contributed by atoms with Crippen molar-refractivity contribution in [3.8, 4) is 6.07 Å². The van der Waals surface area contributed by atoms with Crippen molar-refractivity contribution >= 4 is 23.2 Å². The number of aliphatic hydroxyl groups excluding tert-OH is 3. The summed E-state index contributed by atoms with van der Waals surface area (Å²) < 4.78 is 8.10. The Labute approximate surface area is 159 Å². The Morgan fingerprint density at radius 1 is 1.27 bits per heavy atom. The number of allylic oxidation sites excluding steroid dienone is 2. The Morgan fingerprint density at radius 3 is 2.42 bits per heavy atom. The van der Waals surface area contributed by atoms with E-state index in [2.05, 4.69) is 10.8 Å². The van der Waals surface area contributed by atoms with E-state index in [0.717, 1.165) is 35.9 Å². The molecule has 0 saturated carbocycles. The van der Waals surface area contributed by atoms with Gasteiger partial charge in [-0.3, -0.25) is 4.72 Å². The lowest BCUT2D eigenvalue weighted by Crippen LogP contribution is -2.46. The number of nitrogens with zero attached hydrogens (tertiary/aromatic N) is 2. The highest BCUT2D eigenvalue weighted by Gasteiger charge is 2.29. The highest BCUT2D eigenvalue weighted by atomic mass is 32.2. The number of anilines is 1. The molecular formula is C18H27N3O4S. The Hall–Kier alpha value is -1.60. The molecule has 8 heteroatoms. The summed E-state index contributed by atoms with van der Waals surface area (Å²) in [6.45, 7) is 2.02. The molecule has 2 rings (SSSR count). The van der Waals surface area contributed by atoms with Gasteiger partial charge in [0.25, 0.3) is 0 Å². The van der Waals surface area contributed by atoms with Gasteiger partial charge in [-0.1, -0.05) is 12.1 Å². The monoisotopic (exact) mass is 381 g/mol. The molecule has 0 amide bonds. The third-order valence-corrected chi connectivity index (χ3v) is 4.92. The van der Waals surface area contributed by atoms with Crippen molar-refractivity contribution in [3.05, 3.63) is 34.7 Å². The Balaban J connectivity index is 0.00000163. The summed E-state index contributed by atoms with van der Waals surface area (Å²) in [5.41, 5.74) is 2.91. The van der Waals surface area contributed by atoms with Gasteiger partial charge in [-0.15, -0.1) is 0 Å². The van der Waals surface area contributed by atoms with Crippen molar-refractivity contribution in [1.29, 1.82) is 5.26 Å². The fourth-order valence-electron chi connectivity index (χ4n) is 2.37. The lowest BCUT2D eigenvalue weighted by molar-refractivity contribution is -0.168. The molecular weight excluding hydrogens is 354 g/mol. The van der Waals surface area contributed by atoms with E-state index in [1.165, 1.54) is 0 Å². The summed E-state index contributed by atoms with van der Waals surface area (Å²) >= 11 is 1.15. The molecule has 0 aliphatic carbocycles. The van der Waals surface area contributed by atoms with Crippen molar-refractivity contribution in [3.63, 3.8) is 0 Å². The van der Waals surface area contributed by atoms with Crippen molar-refractivity contribution < 1.29 is 20.1 Å². The van der Waals surface area contributed by atoms with Gasteiger partial charge in [0.2, 0.25) is 0 Å².